The molecule has 0 N–H and O–H groups in total. The van der Waals surface area contributed by atoms with E-state index in [1.54, 1.807) is 21.1 Å². The molecule has 1 atom stereocenters. The van der Waals surface area contributed by atoms with E-state index in [0.29, 0.717) is 5.57 Å². The Hall–Kier alpha value is -0.653. The standard InChI is InChI=1S/C18H36O4Si/c1-6-7-8-9-10-11-12-13-14-16(22-17(19)15(2)3)23-18(20-4)21-5/h16,18H,2,6-14,23H2,1,3-5H3. The molecular weight excluding hydrogens is 308 g/mol. The summed E-state index contributed by atoms with van der Waals surface area (Å²) in [5.74, 6) is -0.500. The molecule has 0 amide bonds. The average molecular weight is 345 g/mol. The summed E-state index contributed by atoms with van der Waals surface area (Å²) in [4.78, 5) is 11.8. The van der Waals surface area contributed by atoms with Crippen LogP contribution in [0.1, 0.15) is 71.6 Å². The average Bonchev–Trinajstić information content (AvgIpc) is 2.54. The van der Waals surface area contributed by atoms with Crippen LogP contribution in [0.3, 0.4) is 0 Å². The smallest absolute Gasteiger partial charge is 0.333 e. The van der Waals surface area contributed by atoms with E-state index in [4.69, 9.17) is 14.2 Å². The summed E-state index contributed by atoms with van der Waals surface area (Å²) in [5.41, 5.74) is 0.412. The van der Waals surface area contributed by atoms with E-state index >= 15 is 0 Å². The van der Waals surface area contributed by atoms with Crippen LogP contribution >= 0.6 is 0 Å². The first-order valence-corrected chi connectivity index (χ1v) is 10.6. The molecule has 0 fully saturated rings. The third-order valence-corrected chi connectivity index (χ3v) is 6.14. The molecule has 4 nitrogen and oxygen atoms in total. The first-order valence-electron chi connectivity index (χ1n) is 8.97. The molecule has 0 saturated heterocycles. The van der Waals surface area contributed by atoms with Gasteiger partial charge in [-0.15, -0.1) is 0 Å². The van der Waals surface area contributed by atoms with Crippen molar-refractivity contribution in [2.45, 2.75) is 83.3 Å². The number of hydrogen-bond donors (Lipinski definition) is 0. The first-order chi connectivity index (χ1) is 11.0. The van der Waals surface area contributed by atoms with E-state index in [0.717, 1.165) is 12.8 Å². The Morgan fingerprint density at radius 3 is 2.00 bits per heavy atom. The quantitative estimate of drug-likeness (QED) is 0.149. The minimum Gasteiger partial charge on any atom is -0.463 e. The molecule has 0 aliphatic heterocycles. The molecule has 5 heteroatoms. The van der Waals surface area contributed by atoms with Crippen LogP contribution in [0.25, 0.3) is 0 Å². The van der Waals surface area contributed by atoms with E-state index in [2.05, 4.69) is 13.5 Å². The fraction of sp³-hybridized carbons (Fsp3) is 0.833. The minimum absolute atomic E-state index is 0.0378. The van der Waals surface area contributed by atoms with Crippen molar-refractivity contribution in [2.24, 2.45) is 0 Å². The van der Waals surface area contributed by atoms with Gasteiger partial charge in [0.15, 0.2) is 0 Å². The molecule has 0 radical (unpaired) electrons. The van der Waals surface area contributed by atoms with Gasteiger partial charge in [-0.2, -0.15) is 0 Å². The van der Waals surface area contributed by atoms with E-state index in [9.17, 15) is 4.79 Å². The van der Waals surface area contributed by atoms with E-state index < -0.39 is 9.52 Å². The fourth-order valence-electron chi connectivity index (χ4n) is 2.49. The van der Waals surface area contributed by atoms with Gasteiger partial charge < -0.3 is 14.2 Å². The highest BCUT2D eigenvalue weighted by Gasteiger charge is 2.20. The molecule has 0 saturated carbocycles. The largest absolute Gasteiger partial charge is 0.463 e. The third-order valence-electron chi connectivity index (χ3n) is 3.98. The van der Waals surface area contributed by atoms with Gasteiger partial charge in [-0.05, 0) is 13.3 Å². The zero-order valence-electron chi connectivity index (χ0n) is 15.6. The van der Waals surface area contributed by atoms with Crippen molar-refractivity contribution < 1.29 is 19.0 Å². The maximum Gasteiger partial charge on any atom is 0.333 e. The topological polar surface area (TPSA) is 44.8 Å². The van der Waals surface area contributed by atoms with Gasteiger partial charge in [-0.1, -0.05) is 64.9 Å². The van der Waals surface area contributed by atoms with Gasteiger partial charge in [0, 0.05) is 19.8 Å². The Bertz CT molecular complexity index is 316. The first kappa shape index (κ1) is 22.3. The lowest BCUT2D eigenvalue weighted by molar-refractivity contribution is -0.141. The molecule has 0 heterocycles. The number of rotatable bonds is 15. The van der Waals surface area contributed by atoms with Crippen LogP contribution in [0, 0.1) is 0 Å². The number of carbonyl (C=O) groups is 1. The number of carbonyl (C=O) groups excluding carboxylic acids is 1. The lowest BCUT2D eigenvalue weighted by Crippen LogP contribution is -2.35. The number of unbranched alkanes of at least 4 members (excludes halogenated alkanes) is 7. The van der Waals surface area contributed by atoms with Gasteiger partial charge in [0.2, 0.25) is 0 Å². The van der Waals surface area contributed by atoms with Crippen molar-refractivity contribution in [3.63, 3.8) is 0 Å². The van der Waals surface area contributed by atoms with Gasteiger partial charge in [0.1, 0.15) is 15.4 Å². The Morgan fingerprint density at radius 2 is 1.52 bits per heavy atom. The highest BCUT2D eigenvalue weighted by atomic mass is 28.2. The summed E-state index contributed by atoms with van der Waals surface area (Å²) >= 11 is 0. The Morgan fingerprint density at radius 1 is 1.00 bits per heavy atom. The zero-order chi connectivity index (χ0) is 17.5. The summed E-state index contributed by atoms with van der Waals surface area (Å²) in [6.07, 6.45) is 11.1. The highest BCUT2D eigenvalue weighted by Crippen LogP contribution is 2.13. The van der Waals surface area contributed by atoms with Gasteiger partial charge in [-0.25, -0.2) is 4.79 Å². The van der Waals surface area contributed by atoms with E-state index in [1.807, 2.05) is 0 Å². The van der Waals surface area contributed by atoms with E-state index in [1.165, 1.54) is 44.9 Å². The van der Waals surface area contributed by atoms with Crippen LogP contribution in [0.2, 0.25) is 0 Å². The van der Waals surface area contributed by atoms with Crippen molar-refractivity contribution in [2.75, 3.05) is 14.2 Å². The second kappa shape index (κ2) is 14.9. The maximum absolute atomic E-state index is 11.8. The van der Waals surface area contributed by atoms with E-state index in [-0.39, 0.29) is 17.6 Å². The van der Waals surface area contributed by atoms with Crippen molar-refractivity contribution in [1.82, 2.24) is 0 Å². The van der Waals surface area contributed by atoms with Gasteiger partial charge in [-0.3, -0.25) is 0 Å². The van der Waals surface area contributed by atoms with Crippen LogP contribution in [-0.4, -0.2) is 41.3 Å². The van der Waals surface area contributed by atoms with Gasteiger partial charge >= 0.3 is 5.97 Å². The Kier molecular flexibility index (Phi) is 14.5. The van der Waals surface area contributed by atoms with Crippen LogP contribution in [0.5, 0.6) is 0 Å². The molecule has 136 valence electrons. The second-order valence-corrected chi connectivity index (χ2v) is 8.26. The van der Waals surface area contributed by atoms with Crippen molar-refractivity contribution in [3.05, 3.63) is 12.2 Å². The molecule has 0 aliphatic rings. The van der Waals surface area contributed by atoms with Crippen molar-refractivity contribution >= 4 is 15.5 Å². The second-order valence-electron chi connectivity index (χ2n) is 6.21. The maximum atomic E-state index is 11.8. The fourth-order valence-corrected chi connectivity index (χ4v) is 4.07. The molecule has 0 aromatic carbocycles. The Balaban J connectivity index is 4.05. The molecule has 1 unspecified atom stereocenters. The lowest BCUT2D eigenvalue weighted by Gasteiger charge is -2.21. The zero-order valence-corrected chi connectivity index (χ0v) is 17.0. The van der Waals surface area contributed by atoms with Crippen molar-refractivity contribution in [3.8, 4) is 0 Å². The number of ether oxygens (including phenoxy) is 3. The summed E-state index contributed by atoms with van der Waals surface area (Å²) in [6, 6.07) is 0. The predicted octanol–water partition coefficient (Wildman–Crippen LogP) is 3.71. The summed E-state index contributed by atoms with van der Waals surface area (Å²) in [7, 11) is 2.45. The summed E-state index contributed by atoms with van der Waals surface area (Å²) in [6.45, 7) is 7.57. The highest BCUT2D eigenvalue weighted by molar-refractivity contribution is 6.38. The molecule has 0 aromatic heterocycles. The third kappa shape index (κ3) is 12.4. The van der Waals surface area contributed by atoms with Gasteiger partial charge in [0.05, 0.1) is 5.73 Å². The SMILES string of the molecule is C=C(C)C(=O)OC(CCCCCCCCCC)[SiH2]C(OC)OC. The number of esters is 1. The van der Waals surface area contributed by atoms with Crippen LogP contribution in [0.15, 0.2) is 12.2 Å². The summed E-state index contributed by atoms with van der Waals surface area (Å²) < 4.78 is 16.1. The molecule has 0 aromatic rings. The number of hydrogen-bond acceptors (Lipinski definition) is 4. The minimum atomic E-state index is -0.815. The molecule has 0 rings (SSSR count). The molecule has 0 bridgehead atoms. The van der Waals surface area contributed by atoms with Crippen LogP contribution in [-0.2, 0) is 19.0 Å². The Labute approximate surface area is 144 Å². The van der Waals surface area contributed by atoms with Gasteiger partial charge in [0.25, 0.3) is 0 Å². The van der Waals surface area contributed by atoms with Crippen LogP contribution < -0.4 is 0 Å². The predicted molar refractivity (Wildman–Crippen MR) is 98.3 cm³/mol. The lowest BCUT2D eigenvalue weighted by atomic mass is 10.1. The monoisotopic (exact) mass is 344 g/mol. The van der Waals surface area contributed by atoms with Crippen LogP contribution in [0.4, 0.5) is 0 Å². The normalized spacial score (nSPS) is 12.9. The van der Waals surface area contributed by atoms with Crippen molar-refractivity contribution in [1.29, 1.82) is 0 Å². The summed E-state index contributed by atoms with van der Waals surface area (Å²) in [5, 5.41) is 0. The molecule has 0 aliphatic carbocycles. The molecule has 23 heavy (non-hydrogen) atoms. The number of methoxy groups -OCH3 is 2. The molecular formula is C18H36O4Si. The molecule has 0 spiro atoms.